The van der Waals surface area contributed by atoms with E-state index in [1.165, 1.54) is 30.5 Å². The maximum atomic E-state index is 12.8. The lowest BCUT2D eigenvalue weighted by Gasteiger charge is -2.04. The molecule has 2 aromatic carbocycles. The summed E-state index contributed by atoms with van der Waals surface area (Å²) in [7, 11) is 0. The summed E-state index contributed by atoms with van der Waals surface area (Å²) in [5.41, 5.74) is 3.99. The molecule has 0 atom stereocenters. The van der Waals surface area contributed by atoms with Crippen molar-refractivity contribution in [1.29, 1.82) is 0 Å². The standard InChI is InChI=1S/C18H14FN3O2/c19-15-6-8-16(9-7-15)24-12-17(23)22-21-11-14-4-1-3-13-5-2-10-20-18(13)14/h1-11H,12H2,(H,22,23). The number of rotatable bonds is 5. The Morgan fingerprint density at radius 3 is 2.79 bits per heavy atom. The lowest BCUT2D eigenvalue weighted by Crippen LogP contribution is -2.24. The van der Waals surface area contributed by atoms with Crippen LogP contribution in [-0.2, 0) is 4.79 Å². The molecule has 0 radical (unpaired) electrons. The van der Waals surface area contributed by atoms with E-state index in [-0.39, 0.29) is 12.4 Å². The van der Waals surface area contributed by atoms with Crippen LogP contribution >= 0.6 is 0 Å². The Balaban J connectivity index is 1.57. The Morgan fingerprint density at radius 1 is 1.17 bits per heavy atom. The molecule has 120 valence electrons. The highest BCUT2D eigenvalue weighted by Crippen LogP contribution is 2.14. The van der Waals surface area contributed by atoms with Gasteiger partial charge in [0, 0.05) is 17.1 Å². The van der Waals surface area contributed by atoms with E-state index in [4.69, 9.17) is 4.74 Å². The molecule has 0 aliphatic rings. The summed E-state index contributed by atoms with van der Waals surface area (Å²) in [4.78, 5) is 16.0. The molecule has 24 heavy (non-hydrogen) atoms. The molecule has 0 fully saturated rings. The number of halogens is 1. The average Bonchev–Trinajstić information content (AvgIpc) is 2.61. The summed E-state index contributed by atoms with van der Waals surface area (Å²) in [6.07, 6.45) is 3.24. The molecule has 0 bridgehead atoms. The molecule has 1 N–H and O–H groups in total. The van der Waals surface area contributed by atoms with Crippen molar-refractivity contribution in [2.75, 3.05) is 6.61 Å². The van der Waals surface area contributed by atoms with Crippen LogP contribution in [0.25, 0.3) is 10.9 Å². The van der Waals surface area contributed by atoms with E-state index in [1.807, 2.05) is 30.3 Å². The van der Waals surface area contributed by atoms with Crippen molar-refractivity contribution in [3.05, 3.63) is 72.2 Å². The Kier molecular flexibility index (Phi) is 4.76. The Hall–Kier alpha value is -3.28. The lowest BCUT2D eigenvalue weighted by atomic mass is 10.1. The van der Waals surface area contributed by atoms with Crippen molar-refractivity contribution in [3.8, 4) is 5.75 Å². The van der Waals surface area contributed by atoms with Crippen molar-refractivity contribution in [3.63, 3.8) is 0 Å². The zero-order valence-electron chi connectivity index (χ0n) is 12.6. The molecule has 0 aliphatic carbocycles. The van der Waals surface area contributed by atoms with Gasteiger partial charge >= 0.3 is 0 Å². The highest BCUT2D eigenvalue weighted by Gasteiger charge is 2.02. The number of nitrogens with one attached hydrogen (secondary N) is 1. The van der Waals surface area contributed by atoms with Gasteiger partial charge in [-0.1, -0.05) is 24.3 Å². The predicted octanol–water partition coefficient (Wildman–Crippen LogP) is 2.90. The van der Waals surface area contributed by atoms with Crippen LogP contribution in [0.5, 0.6) is 5.75 Å². The highest BCUT2D eigenvalue weighted by atomic mass is 19.1. The number of carbonyl (C=O) groups is 1. The molecule has 0 saturated carbocycles. The van der Waals surface area contributed by atoms with Crippen LogP contribution in [0.2, 0.25) is 0 Å². The summed E-state index contributed by atoms with van der Waals surface area (Å²) in [6.45, 7) is -0.212. The third-order valence-corrected chi connectivity index (χ3v) is 3.24. The van der Waals surface area contributed by atoms with Crippen LogP contribution in [0.3, 0.4) is 0 Å². The summed E-state index contributed by atoms with van der Waals surface area (Å²) in [5, 5.41) is 4.91. The quantitative estimate of drug-likeness (QED) is 0.580. The molecule has 0 saturated heterocycles. The van der Waals surface area contributed by atoms with Gasteiger partial charge in [0.2, 0.25) is 0 Å². The second-order valence-electron chi connectivity index (χ2n) is 4.96. The first-order valence-corrected chi connectivity index (χ1v) is 7.26. The van der Waals surface area contributed by atoms with Crippen molar-refractivity contribution < 1.29 is 13.9 Å². The van der Waals surface area contributed by atoms with Crippen LogP contribution in [0.4, 0.5) is 4.39 Å². The van der Waals surface area contributed by atoms with Gasteiger partial charge in [-0.15, -0.1) is 0 Å². The van der Waals surface area contributed by atoms with Crippen molar-refractivity contribution in [2.24, 2.45) is 5.10 Å². The number of pyridine rings is 1. The number of carbonyl (C=O) groups excluding carboxylic acids is 1. The number of hydrogen-bond acceptors (Lipinski definition) is 4. The Labute approximate surface area is 137 Å². The number of hydrogen-bond donors (Lipinski definition) is 1. The van der Waals surface area contributed by atoms with Gasteiger partial charge in [0.25, 0.3) is 5.91 Å². The maximum Gasteiger partial charge on any atom is 0.277 e. The largest absolute Gasteiger partial charge is 0.484 e. The predicted molar refractivity (Wildman–Crippen MR) is 89.4 cm³/mol. The normalized spacial score (nSPS) is 10.9. The topological polar surface area (TPSA) is 63.6 Å². The number of amides is 1. The number of para-hydroxylation sites is 1. The number of aromatic nitrogens is 1. The van der Waals surface area contributed by atoms with Crippen LogP contribution < -0.4 is 10.2 Å². The summed E-state index contributed by atoms with van der Waals surface area (Å²) < 4.78 is 18.0. The molecule has 1 amide bonds. The molecular weight excluding hydrogens is 309 g/mol. The minimum atomic E-state index is -0.413. The number of hydrazone groups is 1. The van der Waals surface area contributed by atoms with Gasteiger partial charge in [0.15, 0.2) is 6.61 Å². The van der Waals surface area contributed by atoms with Gasteiger partial charge in [0.1, 0.15) is 11.6 Å². The molecule has 0 spiro atoms. The van der Waals surface area contributed by atoms with Crippen molar-refractivity contribution in [2.45, 2.75) is 0 Å². The van der Waals surface area contributed by atoms with E-state index < -0.39 is 5.91 Å². The third-order valence-electron chi connectivity index (χ3n) is 3.24. The van der Waals surface area contributed by atoms with E-state index in [2.05, 4.69) is 15.5 Å². The third kappa shape index (κ3) is 3.92. The van der Waals surface area contributed by atoms with E-state index in [9.17, 15) is 9.18 Å². The second-order valence-corrected chi connectivity index (χ2v) is 4.96. The molecular formula is C18H14FN3O2. The summed E-state index contributed by atoms with van der Waals surface area (Å²) in [5.74, 6) is -0.363. The van der Waals surface area contributed by atoms with E-state index in [0.717, 1.165) is 16.5 Å². The summed E-state index contributed by atoms with van der Waals surface area (Å²) >= 11 is 0. The number of nitrogens with zero attached hydrogens (tertiary/aromatic N) is 2. The van der Waals surface area contributed by atoms with Gasteiger partial charge in [-0.05, 0) is 30.3 Å². The summed E-state index contributed by atoms with van der Waals surface area (Å²) in [6, 6.07) is 14.9. The molecule has 0 unspecified atom stereocenters. The zero-order valence-corrected chi connectivity index (χ0v) is 12.6. The van der Waals surface area contributed by atoms with Crippen molar-refractivity contribution in [1.82, 2.24) is 10.4 Å². The Morgan fingerprint density at radius 2 is 1.96 bits per heavy atom. The zero-order chi connectivity index (χ0) is 16.8. The first kappa shape index (κ1) is 15.6. The SMILES string of the molecule is O=C(COc1ccc(F)cc1)NN=Cc1cccc2cccnc12. The molecule has 3 aromatic rings. The molecule has 3 rings (SSSR count). The molecule has 6 heteroatoms. The molecule has 1 aromatic heterocycles. The maximum absolute atomic E-state index is 12.8. The van der Waals surface area contributed by atoms with Crippen LogP contribution in [0, 0.1) is 5.82 Å². The van der Waals surface area contributed by atoms with Crippen LogP contribution in [-0.4, -0.2) is 23.7 Å². The highest BCUT2D eigenvalue weighted by molar-refractivity contribution is 5.97. The number of fused-ring (bicyclic) bond motifs is 1. The van der Waals surface area contributed by atoms with Gasteiger partial charge in [-0.3, -0.25) is 9.78 Å². The fourth-order valence-electron chi connectivity index (χ4n) is 2.12. The van der Waals surface area contributed by atoms with E-state index in [1.54, 1.807) is 6.20 Å². The fourth-order valence-corrected chi connectivity index (χ4v) is 2.12. The minimum absolute atomic E-state index is 0.212. The first-order chi connectivity index (χ1) is 11.7. The van der Waals surface area contributed by atoms with E-state index in [0.29, 0.717) is 5.75 Å². The first-order valence-electron chi connectivity index (χ1n) is 7.26. The molecule has 1 heterocycles. The number of benzene rings is 2. The molecule has 0 aliphatic heterocycles. The molecule has 5 nitrogen and oxygen atoms in total. The van der Waals surface area contributed by atoms with Gasteiger partial charge < -0.3 is 4.74 Å². The smallest absolute Gasteiger partial charge is 0.277 e. The minimum Gasteiger partial charge on any atom is -0.484 e. The van der Waals surface area contributed by atoms with E-state index >= 15 is 0 Å². The van der Waals surface area contributed by atoms with Crippen LogP contribution in [0.1, 0.15) is 5.56 Å². The fraction of sp³-hybridized carbons (Fsp3) is 0.0556. The van der Waals surface area contributed by atoms with Crippen LogP contribution in [0.15, 0.2) is 65.9 Å². The monoisotopic (exact) mass is 323 g/mol. The van der Waals surface area contributed by atoms with Gasteiger partial charge in [0.05, 0.1) is 11.7 Å². The lowest BCUT2D eigenvalue weighted by molar-refractivity contribution is -0.123. The van der Waals surface area contributed by atoms with Crippen molar-refractivity contribution >= 4 is 23.0 Å². The number of ether oxygens (including phenoxy) is 1. The van der Waals surface area contributed by atoms with Gasteiger partial charge in [-0.25, -0.2) is 9.82 Å². The van der Waals surface area contributed by atoms with Gasteiger partial charge in [-0.2, -0.15) is 5.10 Å². The average molecular weight is 323 g/mol. The second kappa shape index (κ2) is 7.32. The Bertz CT molecular complexity index is 874.